The first-order valence-electron chi connectivity index (χ1n) is 12.0. The van der Waals surface area contributed by atoms with Gasteiger partial charge < -0.3 is 10.2 Å². The average molecular weight is 471 g/mol. The molecule has 0 unspecified atom stereocenters. The second-order valence-corrected chi connectivity index (χ2v) is 9.70. The molecule has 0 saturated heterocycles. The highest BCUT2D eigenvalue weighted by atomic mass is 32.2. The zero-order chi connectivity index (χ0) is 23.5. The normalized spacial score (nSPS) is 15.1. The van der Waals surface area contributed by atoms with Gasteiger partial charge >= 0.3 is 0 Å². The highest BCUT2D eigenvalue weighted by Gasteiger charge is 2.29. The molecule has 1 atom stereocenters. The van der Waals surface area contributed by atoms with Crippen molar-refractivity contribution in [2.45, 2.75) is 69.7 Å². The molecule has 0 bridgehead atoms. The van der Waals surface area contributed by atoms with Gasteiger partial charge in [-0.2, -0.15) is 0 Å². The van der Waals surface area contributed by atoms with Crippen LogP contribution < -0.4 is 5.32 Å². The van der Waals surface area contributed by atoms with E-state index in [0.717, 1.165) is 36.8 Å². The number of halogens is 1. The van der Waals surface area contributed by atoms with Gasteiger partial charge in [0.25, 0.3) is 0 Å². The third-order valence-electron chi connectivity index (χ3n) is 6.23. The first-order valence-corrected chi connectivity index (χ1v) is 13.2. The number of amides is 2. The van der Waals surface area contributed by atoms with Crippen molar-refractivity contribution in [3.05, 3.63) is 71.5 Å². The lowest BCUT2D eigenvalue weighted by molar-refractivity contribution is -0.139. The second kappa shape index (κ2) is 13.4. The van der Waals surface area contributed by atoms with Crippen molar-refractivity contribution in [3.63, 3.8) is 0 Å². The van der Waals surface area contributed by atoms with Gasteiger partial charge in [0, 0.05) is 18.3 Å². The van der Waals surface area contributed by atoms with Gasteiger partial charge in [-0.15, -0.1) is 11.8 Å². The van der Waals surface area contributed by atoms with E-state index in [9.17, 15) is 14.0 Å². The molecule has 2 aromatic rings. The SMILES string of the molecule is CC[C@@H](C(=O)NC1CCCCC1)N(CCc1ccccc1)C(=O)CSCc1ccc(F)cc1. The van der Waals surface area contributed by atoms with Gasteiger partial charge in [-0.05, 0) is 48.9 Å². The van der Waals surface area contributed by atoms with Crippen LogP contribution in [0.1, 0.15) is 56.6 Å². The lowest BCUT2D eigenvalue weighted by Gasteiger charge is -2.32. The van der Waals surface area contributed by atoms with Gasteiger partial charge in [-0.25, -0.2) is 4.39 Å². The Morgan fingerprint density at radius 3 is 2.39 bits per heavy atom. The third-order valence-corrected chi connectivity index (χ3v) is 7.22. The summed E-state index contributed by atoms with van der Waals surface area (Å²) in [6, 6.07) is 16.2. The molecule has 1 N–H and O–H groups in total. The van der Waals surface area contributed by atoms with Crippen molar-refractivity contribution in [2.24, 2.45) is 0 Å². The topological polar surface area (TPSA) is 49.4 Å². The maximum absolute atomic E-state index is 13.3. The number of nitrogens with one attached hydrogen (secondary N) is 1. The summed E-state index contributed by atoms with van der Waals surface area (Å²) in [4.78, 5) is 28.2. The summed E-state index contributed by atoms with van der Waals surface area (Å²) in [5.41, 5.74) is 2.13. The summed E-state index contributed by atoms with van der Waals surface area (Å²) in [6.07, 6.45) is 6.87. The van der Waals surface area contributed by atoms with Gasteiger partial charge in [-0.3, -0.25) is 9.59 Å². The number of benzene rings is 2. The first kappa shape index (κ1) is 25.3. The van der Waals surface area contributed by atoms with E-state index >= 15 is 0 Å². The Labute approximate surface area is 201 Å². The maximum atomic E-state index is 13.3. The predicted octanol–water partition coefficient (Wildman–Crippen LogP) is 5.36. The molecule has 0 aromatic heterocycles. The molecule has 1 fully saturated rings. The Balaban J connectivity index is 1.64. The standard InChI is InChI=1S/C27H35FN2O2S/c1-2-25(27(32)29-24-11-7-4-8-12-24)30(18-17-21-9-5-3-6-10-21)26(31)20-33-19-22-13-15-23(28)16-14-22/h3,5-6,9-10,13-16,24-25H,2,4,7-8,11-12,17-20H2,1H3,(H,29,32)/t25-/m0/s1. The average Bonchev–Trinajstić information content (AvgIpc) is 2.84. The lowest BCUT2D eigenvalue weighted by Crippen LogP contribution is -2.52. The van der Waals surface area contributed by atoms with E-state index in [2.05, 4.69) is 17.4 Å². The second-order valence-electron chi connectivity index (χ2n) is 8.71. The number of hydrogen-bond acceptors (Lipinski definition) is 3. The Hall–Kier alpha value is -2.34. The van der Waals surface area contributed by atoms with Crippen LogP contribution in [-0.2, 0) is 21.8 Å². The predicted molar refractivity (Wildman–Crippen MR) is 134 cm³/mol. The molecule has 6 heteroatoms. The van der Waals surface area contributed by atoms with Crippen molar-refractivity contribution >= 4 is 23.6 Å². The van der Waals surface area contributed by atoms with Crippen molar-refractivity contribution in [2.75, 3.05) is 12.3 Å². The lowest BCUT2D eigenvalue weighted by atomic mass is 9.95. The number of carbonyl (C=O) groups excluding carboxylic acids is 2. The van der Waals surface area contributed by atoms with E-state index in [1.807, 2.05) is 25.1 Å². The van der Waals surface area contributed by atoms with Gasteiger partial charge in [0.05, 0.1) is 5.75 Å². The Morgan fingerprint density at radius 2 is 1.73 bits per heavy atom. The zero-order valence-corrected chi connectivity index (χ0v) is 20.3. The van der Waals surface area contributed by atoms with Gasteiger partial charge in [0.15, 0.2) is 0 Å². The summed E-state index contributed by atoms with van der Waals surface area (Å²) >= 11 is 1.50. The fraction of sp³-hybridized carbons (Fsp3) is 0.481. The fourth-order valence-electron chi connectivity index (χ4n) is 4.36. The van der Waals surface area contributed by atoms with Crippen LogP contribution in [0.5, 0.6) is 0 Å². The van der Waals surface area contributed by atoms with Crippen molar-refractivity contribution < 1.29 is 14.0 Å². The molecule has 1 aliphatic rings. The highest BCUT2D eigenvalue weighted by molar-refractivity contribution is 7.99. The molecular formula is C27H35FN2O2S. The van der Waals surface area contributed by atoms with Crippen LogP contribution in [0.2, 0.25) is 0 Å². The molecule has 3 rings (SSSR count). The van der Waals surface area contributed by atoms with Crippen LogP contribution in [0, 0.1) is 5.82 Å². The molecule has 0 heterocycles. The van der Waals surface area contributed by atoms with Crippen molar-refractivity contribution in [1.29, 1.82) is 0 Å². The minimum Gasteiger partial charge on any atom is -0.352 e. The maximum Gasteiger partial charge on any atom is 0.243 e. The molecule has 0 aliphatic heterocycles. The molecule has 2 aromatic carbocycles. The van der Waals surface area contributed by atoms with E-state index in [1.54, 1.807) is 17.0 Å². The van der Waals surface area contributed by atoms with Gasteiger partial charge in [0.2, 0.25) is 11.8 Å². The Bertz CT molecular complexity index is 869. The van der Waals surface area contributed by atoms with E-state index in [0.29, 0.717) is 30.9 Å². The molecule has 4 nitrogen and oxygen atoms in total. The molecule has 33 heavy (non-hydrogen) atoms. The molecule has 178 valence electrons. The summed E-state index contributed by atoms with van der Waals surface area (Å²) in [5.74, 6) is 0.600. The number of nitrogens with zero attached hydrogens (tertiary/aromatic N) is 1. The number of hydrogen-bond donors (Lipinski definition) is 1. The van der Waals surface area contributed by atoms with E-state index < -0.39 is 6.04 Å². The van der Waals surface area contributed by atoms with Crippen LogP contribution in [0.3, 0.4) is 0 Å². The molecule has 0 spiro atoms. The quantitative estimate of drug-likeness (QED) is 0.481. The minimum absolute atomic E-state index is 0.0244. The molecule has 2 amide bonds. The highest BCUT2D eigenvalue weighted by Crippen LogP contribution is 2.19. The van der Waals surface area contributed by atoms with Crippen LogP contribution in [0.4, 0.5) is 4.39 Å². The summed E-state index contributed by atoms with van der Waals surface area (Å²) < 4.78 is 13.1. The van der Waals surface area contributed by atoms with Gasteiger partial charge in [-0.1, -0.05) is 68.7 Å². The third kappa shape index (κ3) is 8.18. The number of thioether (sulfide) groups is 1. The molecule has 0 radical (unpaired) electrons. The molecule has 1 saturated carbocycles. The molecular weight excluding hydrogens is 435 g/mol. The Kier molecular flexibility index (Phi) is 10.3. The van der Waals surface area contributed by atoms with Gasteiger partial charge in [0.1, 0.15) is 11.9 Å². The smallest absolute Gasteiger partial charge is 0.243 e. The monoisotopic (exact) mass is 470 g/mol. The van der Waals surface area contributed by atoms with E-state index in [4.69, 9.17) is 0 Å². The fourth-order valence-corrected chi connectivity index (χ4v) is 5.23. The van der Waals surface area contributed by atoms with Crippen molar-refractivity contribution in [3.8, 4) is 0 Å². The summed E-state index contributed by atoms with van der Waals surface area (Å²) in [5, 5.41) is 3.22. The van der Waals surface area contributed by atoms with E-state index in [-0.39, 0.29) is 23.7 Å². The van der Waals surface area contributed by atoms with Crippen LogP contribution >= 0.6 is 11.8 Å². The van der Waals surface area contributed by atoms with E-state index in [1.165, 1.54) is 30.3 Å². The van der Waals surface area contributed by atoms with Crippen LogP contribution in [-0.4, -0.2) is 41.1 Å². The number of carbonyl (C=O) groups is 2. The zero-order valence-electron chi connectivity index (χ0n) is 19.5. The summed E-state index contributed by atoms with van der Waals surface area (Å²) in [6.45, 7) is 2.48. The summed E-state index contributed by atoms with van der Waals surface area (Å²) in [7, 11) is 0. The van der Waals surface area contributed by atoms with Crippen molar-refractivity contribution in [1.82, 2.24) is 10.2 Å². The Morgan fingerprint density at radius 1 is 1.03 bits per heavy atom. The molecule has 1 aliphatic carbocycles. The number of rotatable bonds is 11. The minimum atomic E-state index is -0.463. The largest absolute Gasteiger partial charge is 0.352 e. The first-order chi connectivity index (χ1) is 16.1. The van der Waals surface area contributed by atoms with Crippen LogP contribution in [0.25, 0.3) is 0 Å². The van der Waals surface area contributed by atoms with Crippen LogP contribution in [0.15, 0.2) is 54.6 Å².